The minimum Gasteiger partial charge on any atom is -0.355 e. The highest BCUT2D eigenvalue weighted by molar-refractivity contribution is 7.92. The van der Waals surface area contributed by atoms with Crippen LogP contribution in [0.3, 0.4) is 0 Å². The number of nitrogens with zero attached hydrogens (tertiary/aromatic N) is 2. The van der Waals surface area contributed by atoms with E-state index in [2.05, 4.69) is 5.32 Å². The summed E-state index contributed by atoms with van der Waals surface area (Å²) in [4.78, 5) is 27.9. The number of halogens is 3. The summed E-state index contributed by atoms with van der Waals surface area (Å²) >= 11 is 19.0. The molecule has 0 radical (unpaired) electrons. The zero-order valence-electron chi connectivity index (χ0n) is 21.1. The van der Waals surface area contributed by atoms with Gasteiger partial charge in [-0.15, -0.1) is 0 Å². The molecule has 0 bridgehead atoms. The topological polar surface area (TPSA) is 86.8 Å². The van der Waals surface area contributed by atoms with Crippen LogP contribution in [-0.4, -0.2) is 44.3 Å². The van der Waals surface area contributed by atoms with E-state index >= 15 is 0 Å². The van der Waals surface area contributed by atoms with E-state index in [1.54, 1.807) is 56.3 Å². The van der Waals surface area contributed by atoms with Gasteiger partial charge in [0.1, 0.15) is 12.6 Å². The second kappa shape index (κ2) is 12.8. The van der Waals surface area contributed by atoms with Crippen LogP contribution in [0.5, 0.6) is 0 Å². The van der Waals surface area contributed by atoms with Crippen molar-refractivity contribution in [3.8, 4) is 0 Å². The minimum absolute atomic E-state index is 0.0154. The molecule has 0 aliphatic heterocycles. The number of carbonyl (C=O) groups excluding carboxylic acids is 2. The van der Waals surface area contributed by atoms with E-state index in [-0.39, 0.29) is 33.1 Å². The summed E-state index contributed by atoms with van der Waals surface area (Å²) in [6, 6.07) is 16.8. The second-order valence-electron chi connectivity index (χ2n) is 8.58. The molecule has 0 saturated carbocycles. The molecule has 0 aliphatic carbocycles. The maximum atomic E-state index is 13.8. The molecule has 7 nitrogen and oxygen atoms in total. The van der Waals surface area contributed by atoms with Gasteiger partial charge in [0.25, 0.3) is 10.0 Å². The molecule has 202 valence electrons. The van der Waals surface area contributed by atoms with Crippen molar-refractivity contribution in [1.29, 1.82) is 0 Å². The molecule has 1 atom stereocenters. The summed E-state index contributed by atoms with van der Waals surface area (Å²) in [5, 5.41) is 3.23. The minimum atomic E-state index is -4.26. The smallest absolute Gasteiger partial charge is 0.264 e. The van der Waals surface area contributed by atoms with Gasteiger partial charge in [-0.2, -0.15) is 0 Å². The summed E-state index contributed by atoms with van der Waals surface area (Å²) in [6.07, 6.45) is 0. The Morgan fingerprint density at radius 1 is 0.921 bits per heavy atom. The van der Waals surface area contributed by atoms with Gasteiger partial charge in [-0.3, -0.25) is 13.9 Å². The van der Waals surface area contributed by atoms with Crippen molar-refractivity contribution in [2.45, 2.75) is 38.3 Å². The summed E-state index contributed by atoms with van der Waals surface area (Å²) < 4.78 is 28.6. The maximum Gasteiger partial charge on any atom is 0.264 e. The Morgan fingerprint density at radius 2 is 1.55 bits per heavy atom. The third kappa shape index (κ3) is 6.80. The fourth-order valence-corrected chi connectivity index (χ4v) is 5.82. The molecule has 1 N–H and O–H groups in total. The van der Waals surface area contributed by atoms with Crippen LogP contribution in [0.1, 0.15) is 25.0 Å². The number of sulfonamides is 1. The van der Waals surface area contributed by atoms with Crippen molar-refractivity contribution in [2.75, 3.05) is 17.4 Å². The third-order valence-corrected chi connectivity index (χ3v) is 8.86. The zero-order valence-corrected chi connectivity index (χ0v) is 24.2. The molecule has 38 heavy (non-hydrogen) atoms. The average Bonchev–Trinajstić information content (AvgIpc) is 2.88. The lowest BCUT2D eigenvalue weighted by Gasteiger charge is -2.32. The Balaban J connectivity index is 2.09. The van der Waals surface area contributed by atoms with Crippen LogP contribution in [0, 0.1) is 6.92 Å². The number of anilines is 1. The van der Waals surface area contributed by atoms with E-state index in [4.69, 9.17) is 34.8 Å². The largest absolute Gasteiger partial charge is 0.355 e. The highest BCUT2D eigenvalue weighted by Crippen LogP contribution is 2.35. The fourth-order valence-electron chi connectivity index (χ4n) is 3.75. The SMILES string of the molecule is CCNC(=O)[C@@H](C)N(Cc1ccccc1Cl)C(=O)CN(c1cccc(Cl)c1Cl)S(=O)(=O)c1ccc(C)cc1. The standard InChI is InChI=1S/C27H28Cl3N3O4S/c1-4-31-27(35)19(3)32(16-20-8-5-6-9-22(20)28)25(34)17-33(24-11-7-10-23(29)26(24)30)38(36,37)21-14-12-18(2)13-15-21/h5-15,19H,4,16-17H2,1-3H3,(H,31,35)/t19-/m1/s1. The maximum absolute atomic E-state index is 13.8. The Bertz CT molecular complexity index is 1420. The molecule has 0 saturated heterocycles. The van der Waals surface area contributed by atoms with Gasteiger partial charge in [0.2, 0.25) is 11.8 Å². The lowest BCUT2D eigenvalue weighted by Crippen LogP contribution is -2.51. The average molecular weight is 597 g/mol. The van der Waals surface area contributed by atoms with Gasteiger partial charge in [0, 0.05) is 18.1 Å². The van der Waals surface area contributed by atoms with E-state index in [1.807, 2.05) is 6.92 Å². The van der Waals surface area contributed by atoms with E-state index in [0.717, 1.165) is 9.87 Å². The predicted octanol–water partition coefficient (Wildman–Crippen LogP) is 5.70. The molecular weight excluding hydrogens is 569 g/mol. The number of benzene rings is 3. The highest BCUT2D eigenvalue weighted by Gasteiger charge is 2.33. The van der Waals surface area contributed by atoms with Gasteiger partial charge in [-0.25, -0.2) is 8.42 Å². The van der Waals surface area contributed by atoms with Crippen molar-refractivity contribution in [1.82, 2.24) is 10.2 Å². The Hall–Kier alpha value is -2.78. The lowest BCUT2D eigenvalue weighted by molar-refractivity contribution is -0.139. The first-order valence-corrected chi connectivity index (χ1v) is 14.4. The lowest BCUT2D eigenvalue weighted by atomic mass is 10.1. The number of rotatable bonds is 10. The molecule has 3 aromatic carbocycles. The Kier molecular flexibility index (Phi) is 10.1. The van der Waals surface area contributed by atoms with Crippen LogP contribution >= 0.6 is 34.8 Å². The van der Waals surface area contributed by atoms with E-state index in [9.17, 15) is 18.0 Å². The zero-order chi connectivity index (χ0) is 28.0. The van der Waals surface area contributed by atoms with Gasteiger partial charge in [-0.05, 0) is 56.7 Å². The Labute approximate surface area is 238 Å². The van der Waals surface area contributed by atoms with E-state index < -0.39 is 28.5 Å². The number of amides is 2. The number of hydrogen-bond acceptors (Lipinski definition) is 4. The van der Waals surface area contributed by atoms with Crippen LogP contribution < -0.4 is 9.62 Å². The molecule has 0 aliphatic rings. The Morgan fingerprint density at radius 3 is 2.18 bits per heavy atom. The molecule has 11 heteroatoms. The summed E-state index contributed by atoms with van der Waals surface area (Å²) in [7, 11) is -4.26. The van der Waals surface area contributed by atoms with E-state index in [1.165, 1.54) is 29.2 Å². The van der Waals surface area contributed by atoms with Crippen LogP contribution in [0.4, 0.5) is 5.69 Å². The normalized spacial score (nSPS) is 12.1. The summed E-state index contributed by atoms with van der Waals surface area (Å²) in [5.74, 6) is -1.02. The molecule has 0 heterocycles. The van der Waals surface area contributed by atoms with Gasteiger partial charge in [0.05, 0.1) is 20.6 Å². The number of nitrogens with one attached hydrogen (secondary N) is 1. The quantitative estimate of drug-likeness (QED) is 0.325. The van der Waals surface area contributed by atoms with Crippen molar-refractivity contribution in [3.63, 3.8) is 0 Å². The third-order valence-electron chi connectivity index (χ3n) is 5.90. The molecule has 2 amide bonds. The molecular formula is C27H28Cl3N3O4S. The first kappa shape index (κ1) is 29.8. The molecule has 3 aromatic rings. The molecule has 0 aromatic heterocycles. The van der Waals surface area contributed by atoms with Gasteiger partial charge in [-0.1, -0.05) is 76.8 Å². The molecule has 3 rings (SSSR count). The van der Waals surface area contributed by atoms with Gasteiger partial charge in [0.15, 0.2) is 0 Å². The van der Waals surface area contributed by atoms with Crippen molar-refractivity contribution in [2.24, 2.45) is 0 Å². The number of aryl methyl sites for hydroxylation is 1. The van der Waals surface area contributed by atoms with Crippen LogP contribution in [-0.2, 0) is 26.2 Å². The number of carbonyl (C=O) groups is 2. The van der Waals surface area contributed by atoms with Gasteiger partial charge < -0.3 is 10.2 Å². The van der Waals surface area contributed by atoms with Crippen molar-refractivity contribution in [3.05, 3.63) is 92.9 Å². The summed E-state index contributed by atoms with van der Waals surface area (Å²) in [5.41, 5.74) is 1.51. The second-order valence-corrected chi connectivity index (χ2v) is 11.6. The molecule has 0 spiro atoms. The fraction of sp³-hybridized carbons (Fsp3) is 0.259. The van der Waals surface area contributed by atoms with Crippen LogP contribution in [0.2, 0.25) is 15.1 Å². The predicted molar refractivity (Wildman–Crippen MR) is 152 cm³/mol. The van der Waals surface area contributed by atoms with Gasteiger partial charge >= 0.3 is 0 Å². The molecule has 0 fully saturated rings. The number of hydrogen-bond donors (Lipinski definition) is 1. The highest BCUT2D eigenvalue weighted by atomic mass is 35.5. The molecule has 0 unspecified atom stereocenters. The van der Waals surface area contributed by atoms with Crippen LogP contribution in [0.25, 0.3) is 0 Å². The van der Waals surface area contributed by atoms with E-state index in [0.29, 0.717) is 17.1 Å². The first-order valence-electron chi connectivity index (χ1n) is 11.8. The van der Waals surface area contributed by atoms with Crippen molar-refractivity contribution >= 4 is 62.3 Å². The summed E-state index contributed by atoms with van der Waals surface area (Å²) in [6.45, 7) is 4.89. The first-order chi connectivity index (χ1) is 18.0. The number of likely N-dealkylation sites (N-methyl/N-ethyl adjacent to an activating group) is 1. The monoisotopic (exact) mass is 595 g/mol. The van der Waals surface area contributed by atoms with Crippen molar-refractivity contribution < 1.29 is 18.0 Å². The van der Waals surface area contributed by atoms with Crippen LogP contribution in [0.15, 0.2) is 71.6 Å².